The zero-order valence-corrected chi connectivity index (χ0v) is 8.25. The highest BCUT2D eigenvalue weighted by Crippen LogP contribution is 2.01. The van der Waals surface area contributed by atoms with Gasteiger partial charge in [0, 0.05) is 25.6 Å². The fraction of sp³-hybridized carbons (Fsp3) is 0.889. The summed E-state index contributed by atoms with van der Waals surface area (Å²) in [7, 11) is 0. The van der Waals surface area contributed by atoms with Gasteiger partial charge >= 0.3 is 0 Å². The molecule has 1 amide bonds. The second-order valence-corrected chi connectivity index (χ2v) is 3.71. The number of rotatable bonds is 3. The molecule has 0 bridgehead atoms. The van der Waals surface area contributed by atoms with E-state index in [-0.39, 0.29) is 11.8 Å². The third-order valence-electron chi connectivity index (χ3n) is 2.45. The number of carbonyl (C=O) groups is 1. The van der Waals surface area contributed by atoms with Crippen LogP contribution in [0.1, 0.15) is 13.3 Å². The minimum Gasteiger partial charge on any atom is -0.369 e. The van der Waals surface area contributed by atoms with Gasteiger partial charge in [-0.2, -0.15) is 0 Å². The highest BCUT2D eigenvalue weighted by molar-refractivity contribution is 5.76. The molecule has 13 heavy (non-hydrogen) atoms. The molecular weight excluding hydrogens is 166 g/mol. The predicted octanol–water partition coefficient (Wildman–Crippen LogP) is -0.597. The molecule has 4 heteroatoms. The topological polar surface area (TPSA) is 58.4 Å². The van der Waals surface area contributed by atoms with Crippen LogP contribution in [0, 0.1) is 5.92 Å². The van der Waals surface area contributed by atoms with Crippen molar-refractivity contribution >= 4 is 5.91 Å². The molecule has 0 aliphatic carbocycles. The Kier molecular flexibility index (Phi) is 4.18. The van der Waals surface area contributed by atoms with Crippen LogP contribution in [-0.2, 0) is 4.79 Å². The molecule has 1 heterocycles. The lowest BCUT2D eigenvalue weighted by Crippen LogP contribution is -2.36. The molecule has 1 rings (SSSR count). The van der Waals surface area contributed by atoms with E-state index < -0.39 is 0 Å². The molecule has 1 aliphatic rings. The molecule has 0 radical (unpaired) electrons. The van der Waals surface area contributed by atoms with E-state index in [2.05, 4.69) is 10.2 Å². The van der Waals surface area contributed by atoms with Gasteiger partial charge in [-0.15, -0.1) is 0 Å². The lowest BCUT2D eigenvalue weighted by Gasteiger charge is -2.21. The quantitative estimate of drug-likeness (QED) is 0.617. The summed E-state index contributed by atoms with van der Waals surface area (Å²) in [6.45, 7) is 6.90. The summed E-state index contributed by atoms with van der Waals surface area (Å²) in [5.41, 5.74) is 5.21. The molecule has 1 unspecified atom stereocenters. The van der Waals surface area contributed by atoms with Gasteiger partial charge in [0.2, 0.25) is 5.91 Å². The van der Waals surface area contributed by atoms with Crippen molar-refractivity contribution < 1.29 is 4.79 Å². The number of hydrogen-bond donors (Lipinski definition) is 2. The van der Waals surface area contributed by atoms with Gasteiger partial charge in [-0.25, -0.2) is 0 Å². The summed E-state index contributed by atoms with van der Waals surface area (Å²) >= 11 is 0. The zero-order valence-electron chi connectivity index (χ0n) is 8.25. The standard InChI is InChI=1S/C9H19N3O/c1-8(9(10)13)7-12-5-2-3-11-4-6-12/h8,11H,2-7H2,1H3,(H2,10,13). The lowest BCUT2D eigenvalue weighted by molar-refractivity contribution is -0.121. The first-order valence-electron chi connectivity index (χ1n) is 4.92. The molecule has 1 fully saturated rings. The molecule has 1 saturated heterocycles. The molecule has 0 aromatic rings. The summed E-state index contributed by atoms with van der Waals surface area (Å²) in [5.74, 6) is -0.227. The highest BCUT2D eigenvalue weighted by atomic mass is 16.1. The molecule has 0 aromatic carbocycles. The Balaban J connectivity index is 2.29. The molecule has 1 aliphatic heterocycles. The smallest absolute Gasteiger partial charge is 0.221 e. The fourth-order valence-electron chi connectivity index (χ4n) is 1.56. The summed E-state index contributed by atoms with van der Waals surface area (Å²) in [5, 5.41) is 3.32. The third kappa shape index (κ3) is 3.74. The van der Waals surface area contributed by atoms with Gasteiger partial charge in [0.15, 0.2) is 0 Å². The summed E-state index contributed by atoms with van der Waals surface area (Å²) in [6, 6.07) is 0. The van der Waals surface area contributed by atoms with Crippen LogP contribution >= 0.6 is 0 Å². The fourth-order valence-corrected chi connectivity index (χ4v) is 1.56. The van der Waals surface area contributed by atoms with Crippen molar-refractivity contribution in [2.45, 2.75) is 13.3 Å². The molecule has 3 N–H and O–H groups in total. The minimum absolute atomic E-state index is 0.0295. The van der Waals surface area contributed by atoms with Crippen molar-refractivity contribution in [3.8, 4) is 0 Å². The highest BCUT2D eigenvalue weighted by Gasteiger charge is 2.15. The molecule has 0 saturated carbocycles. The third-order valence-corrected chi connectivity index (χ3v) is 2.45. The van der Waals surface area contributed by atoms with E-state index in [0.29, 0.717) is 0 Å². The van der Waals surface area contributed by atoms with Gasteiger partial charge in [-0.1, -0.05) is 6.92 Å². The Morgan fingerprint density at radius 2 is 2.31 bits per heavy atom. The van der Waals surface area contributed by atoms with E-state index in [9.17, 15) is 4.79 Å². The average Bonchev–Trinajstić information content (AvgIpc) is 2.32. The zero-order chi connectivity index (χ0) is 9.68. The molecule has 0 aromatic heterocycles. The van der Waals surface area contributed by atoms with Gasteiger partial charge in [0.1, 0.15) is 0 Å². The van der Waals surface area contributed by atoms with Crippen molar-refractivity contribution in [2.24, 2.45) is 11.7 Å². The first-order chi connectivity index (χ1) is 6.20. The predicted molar refractivity (Wildman–Crippen MR) is 52.3 cm³/mol. The molecule has 76 valence electrons. The van der Waals surface area contributed by atoms with Gasteiger partial charge in [0.05, 0.1) is 0 Å². The molecule has 0 spiro atoms. The minimum atomic E-state index is -0.197. The van der Waals surface area contributed by atoms with Crippen molar-refractivity contribution in [1.82, 2.24) is 10.2 Å². The van der Waals surface area contributed by atoms with Crippen LogP contribution in [0.2, 0.25) is 0 Å². The summed E-state index contributed by atoms with van der Waals surface area (Å²) in [4.78, 5) is 13.1. The average molecular weight is 185 g/mol. The number of amides is 1. The van der Waals surface area contributed by atoms with E-state index in [4.69, 9.17) is 5.73 Å². The van der Waals surface area contributed by atoms with Crippen LogP contribution in [0.25, 0.3) is 0 Å². The van der Waals surface area contributed by atoms with Gasteiger partial charge in [-0.05, 0) is 19.5 Å². The summed E-state index contributed by atoms with van der Waals surface area (Å²) in [6.07, 6.45) is 1.16. The second kappa shape index (κ2) is 5.19. The van der Waals surface area contributed by atoms with E-state index in [0.717, 1.165) is 39.1 Å². The molecular formula is C9H19N3O. The second-order valence-electron chi connectivity index (χ2n) is 3.71. The number of primary amides is 1. The number of nitrogens with two attached hydrogens (primary N) is 1. The Hall–Kier alpha value is -0.610. The van der Waals surface area contributed by atoms with E-state index in [1.165, 1.54) is 0 Å². The van der Waals surface area contributed by atoms with Crippen LogP contribution in [0.5, 0.6) is 0 Å². The van der Waals surface area contributed by atoms with Gasteiger partial charge in [0.25, 0.3) is 0 Å². The SMILES string of the molecule is CC(CN1CCCNCC1)C(N)=O. The molecule has 1 atom stereocenters. The van der Waals surface area contributed by atoms with Crippen molar-refractivity contribution in [1.29, 1.82) is 0 Å². The first-order valence-corrected chi connectivity index (χ1v) is 4.92. The number of hydrogen-bond acceptors (Lipinski definition) is 3. The van der Waals surface area contributed by atoms with E-state index >= 15 is 0 Å². The number of nitrogens with one attached hydrogen (secondary N) is 1. The van der Waals surface area contributed by atoms with Crippen LogP contribution in [0.3, 0.4) is 0 Å². The number of carbonyl (C=O) groups excluding carboxylic acids is 1. The maximum Gasteiger partial charge on any atom is 0.221 e. The Bertz CT molecular complexity index is 164. The van der Waals surface area contributed by atoms with Crippen LogP contribution in [0.4, 0.5) is 0 Å². The van der Waals surface area contributed by atoms with E-state index in [1.807, 2.05) is 6.92 Å². The van der Waals surface area contributed by atoms with Gasteiger partial charge in [-0.3, -0.25) is 4.79 Å². The summed E-state index contributed by atoms with van der Waals surface area (Å²) < 4.78 is 0. The van der Waals surface area contributed by atoms with Crippen molar-refractivity contribution in [3.63, 3.8) is 0 Å². The first kappa shape index (κ1) is 10.5. The normalized spacial score (nSPS) is 22.2. The molecule has 4 nitrogen and oxygen atoms in total. The monoisotopic (exact) mass is 185 g/mol. The largest absolute Gasteiger partial charge is 0.369 e. The van der Waals surface area contributed by atoms with Crippen LogP contribution < -0.4 is 11.1 Å². The van der Waals surface area contributed by atoms with Gasteiger partial charge < -0.3 is 16.0 Å². The van der Waals surface area contributed by atoms with Crippen molar-refractivity contribution in [3.05, 3.63) is 0 Å². The van der Waals surface area contributed by atoms with Crippen LogP contribution in [0.15, 0.2) is 0 Å². The Labute approximate surface area is 79.5 Å². The van der Waals surface area contributed by atoms with Crippen LogP contribution in [-0.4, -0.2) is 43.5 Å². The lowest BCUT2D eigenvalue weighted by atomic mass is 10.1. The number of nitrogens with zero attached hydrogens (tertiary/aromatic N) is 1. The maximum absolute atomic E-state index is 10.8. The van der Waals surface area contributed by atoms with E-state index in [1.54, 1.807) is 0 Å². The van der Waals surface area contributed by atoms with Crippen molar-refractivity contribution in [2.75, 3.05) is 32.7 Å². The Morgan fingerprint density at radius 1 is 1.54 bits per heavy atom. The maximum atomic E-state index is 10.8. The Morgan fingerprint density at radius 3 is 3.00 bits per heavy atom.